The van der Waals surface area contributed by atoms with Crippen LogP contribution in [0.1, 0.15) is 11.4 Å². The molecule has 23 heavy (non-hydrogen) atoms. The van der Waals surface area contributed by atoms with Crippen LogP contribution in [0.15, 0.2) is 59.5 Å². The molecule has 6 heteroatoms. The van der Waals surface area contributed by atoms with E-state index in [0.717, 1.165) is 5.69 Å². The van der Waals surface area contributed by atoms with E-state index in [1.54, 1.807) is 11.8 Å². The molecule has 0 saturated heterocycles. The molecule has 0 saturated carbocycles. The van der Waals surface area contributed by atoms with E-state index >= 15 is 0 Å². The fourth-order valence-electron chi connectivity index (χ4n) is 2.07. The largest absolute Gasteiger partial charge is 0.368 e. The summed E-state index contributed by atoms with van der Waals surface area (Å²) >= 11 is 1.69. The van der Waals surface area contributed by atoms with Crippen LogP contribution in [0.25, 0.3) is 0 Å². The van der Waals surface area contributed by atoms with Gasteiger partial charge in [-0.3, -0.25) is 0 Å². The highest BCUT2D eigenvalue weighted by atomic mass is 32.2. The monoisotopic (exact) mass is 323 g/mol. The Hall–Kier alpha value is -2.60. The van der Waals surface area contributed by atoms with Crippen molar-refractivity contribution in [3.8, 4) is 0 Å². The lowest BCUT2D eigenvalue weighted by Gasteiger charge is -2.08. The number of para-hydroxylation sites is 1. The SMILES string of the molecule is Cc1ccccc1SCc1nc(N)nc(Nc2ccccc2)n1. The normalized spacial score (nSPS) is 10.5. The summed E-state index contributed by atoms with van der Waals surface area (Å²) in [6.45, 7) is 2.09. The lowest BCUT2D eigenvalue weighted by Crippen LogP contribution is -2.06. The smallest absolute Gasteiger partial charge is 0.232 e. The molecule has 2 aromatic carbocycles. The number of nitrogens with one attached hydrogen (secondary N) is 1. The number of rotatable bonds is 5. The Bertz CT molecular complexity index is 792. The number of hydrogen-bond donors (Lipinski definition) is 2. The Balaban J connectivity index is 1.74. The van der Waals surface area contributed by atoms with Gasteiger partial charge >= 0.3 is 0 Å². The zero-order valence-corrected chi connectivity index (χ0v) is 13.5. The molecule has 3 rings (SSSR count). The first-order valence-electron chi connectivity index (χ1n) is 7.21. The van der Waals surface area contributed by atoms with Gasteiger partial charge in [-0.15, -0.1) is 11.8 Å². The molecule has 0 aliphatic carbocycles. The first-order valence-corrected chi connectivity index (χ1v) is 8.20. The molecule has 0 bridgehead atoms. The van der Waals surface area contributed by atoms with E-state index in [0.29, 0.717) is 17.5 Å². The highest BCUT2D eigenvalue weighted by Gasteiger charge is 2.06. The molecular formula is C17H17N5S. The standard InChI is InChI=1S/C17H17N5S/c1-12-7-5-6-10-14(12)23-11-15-20-16(18)22-17(21-15)19-13-8-3-2-4-9-13/h2-10H,11H2,1H3,(H3,18,19,20,21,22). The lowest BCUT2D eigenvalue weighted by molar-refractivity contribution is 0.982. The zero-order valence-electron chi connectivity index (χ0n) is 12.7. The molecule has 0 aliphatic rings. The Morgan fingerprint density at radius 1 is 0.957 bits per heavy atom. The minimum Gasteiger partial charge on any atom is -0.368 e. The zero-order chi connectivity index (χ0) is 16.1. The third-order valence-corrected chi connectivity index (χ3v) is 4.35. The number of thioether (sulfide) groups is 1. The molecule has 0 atom stereocenters. The second kappa shape index (κ2) is 7.11. The van der Waals surface area contributed by atoms with Gasteiger partial charge in [0, 0.05) is 10.6 Å². The van der Waals surface area contributed by atoms with Gasteiger partial charge < -0.3 is 11.1 Å². The molecule has 3 aromatic rings. The number of aromatic nitrogens is 3. The Kier molecular flexibility index (Phi) is 4.73. The van der Waals surface area contributed by atoms with Crippen LogP contribution in [0.2, 0.25) is 0 Å². The first-order chi connectivity index (χ1) is 11.2. The van der Waals surface area contributed by atoms with Gasteiger partial charge in [-0.2, -0.15) is 15.0 Å². The predicted molar refractivity (Wildman–Crippen MR) is 94.7 cm³/mol. The lowest BCUT2D eigenvalue weighted by atomic mass is 10.2. The number of nitrogens with zero attached hydrogens (tertiary/aromatic N) is 3. The van der Waals surface area contributed by atoms with Crippen LogP contribution in [0.4, 0.5) is 17.6 Å². The van der Waals surface area contributed by atoms with Crippen LogP contribution in [-0.4, -0.2) is 15.0 Å². The maximum atomic E-state index is 5.80. The van der Waals surface area contributed by atoms with Gasteiger partial charge in [0.15, 0.2) is 0 Å². The average Bonchev–Trinajstić information content (AvgIpc) is 2.54. The van der Waals surface area contributed by atoms with Crippen LogP contribution in [0.3, 0.4) is 0 Å². The van der Waals surface area contributed by atoms with Gasteiger partial charge in [-0.25, -0.2) is 0 Å². The summed E-state index contributed by atoms with van der Waals surface area (Å²) in [5, 5.41) is 3.14. The fraction of sp³-hybridized carbons (Fsp3) is 0.118. The number of hydrogen-bond acceptors (Lipinski definition) is 6. The number of anilines is 3. The number of benzene rings is 2. The fourth-order valence-corrected chi connectivity index (χ4v) is 2.95. The molecule has 1 heterocycles. The van der Waals surface area contributed by atoms with Crippen molar-refractivity contribution in [2.75, 3.05) is 11.1 Å². The van der Waals surface area contributed by atoms with Crippen LogP contribution in [0, 0.1) is 6.92 Å². The third kappa shape index (κ3) is 4.20. The second-order valence-electron chi connectivity index (χ2n) is 4.98. The van der Waals surface area contributed by atoms with Crippen molar-refractivity contribution in [3.63, 3.8) is 0 Å². The Morgan fingerprint density at radius 3 is 2.48 bits per heavy atom. The molecule has 0 fully saturated rings. The van der Waals surface area contributed by atoms with E-state index in [-0.39, 0.29) is 5.95 Å². The molecule has 0 spiro atoms. The highest BCUT2D eigenvalue weighted by Crippen LogP contribution is 2.25. The molecule has 3 N–H and O–H groups in total. The maximum Gasteiger partial charge on any atom is 0.232 e. The van der Waals surface area contributed by atoms with Crippen molar-refractivity contribution in [1.29, 1.82) is 0 Å². The average molecular weight is 323 g/mol. The number of nitrogen functional groups attached to an aromatic ring is 1. The topological polar surface area (TPSA) is 76.7 Å². The van der Waals surface area contributed by atoms with Gasteiger partial charge in [-0.05, 0) is 30.7 Å². The van der Waals surface area contributed by atoms with Crippen molar-refractivity contribution in [1.82, 2.24) is 15.0 Å². The van der Waals surface area contributed by atoms with Crippen molar-refractivity contribution in [2.45, 2.75) is 17.6 Å². The van der Waals surface area contributed by atoms with Crippen molar-refractivity contribution in [3.05, 3.63) is 66.0 Å². The second-order valence-corrected chi connectivity index (χ2v) is 6.00. The molecule has 0 radical (unpaired) electrons. The molecule has 1 aromatic heterocycles. The van der Waals surface area contributed by atoms with Crippen LogP contribution < -0.4 is 11.1 Å². The molecule has 116 valence electrons. The van der Waals surface area contributed by atoms with E-state index in [9.17, 15) is 0 Å². The van der Waals surface area contributed by atoms with Crippen molar-refractivity contribution in [2.24, 2.45) is 0 Å². The highest BCUT2D eigenvalue weighted by molar-refractivity contribution is 7.98. The van der Waals surface area contributed by atoms with Gasteiger partial charge in [0.25, 0.3) is 0 Å². The van der Waals surface area contributed by atoms with Crippen molar-refractivity contribution < 1.29 is 0 Å². The van der Waals surface area contributed by atoms with E-state index < -0.39 is 0 Å². The molecule has 0 unspecified atom stereocenters. The minimum atomic E-state index is 0.221. The summed E-state index contributed by atoms with van der Waals surface area (Å²) in [5.74, 6) is 1.98. The third-order valence-electron chi connectivity index (χ3n) is 3.18. The quantitative estimate of drug-likeness (QED) is 0.696. The first kappa shape index (κ1) is 15.3. The molecule has 0 amide bonds. The summed E-state index contributed by atoms with van der Waals surface area (Å²) in [6, 6.07) is 18.0. The summed E-state index contributed by atoms with van der Waals surface area (Å²) in [5.41, 5.74) is 7.95. The Morgan fingerprint density at radius 2 is 1.70 bits per heavy atom. The van der Waals surface area contributed by atoms with Gasteiger partial charge in [0.2, 0.25) is 11.9 Å². The minimum absolute atomic E-state index is 0.221. The molecule has 5 nitrogen and oxygen atoms in total. The van der Waals surface area contributed by atoms with Crippen molar-refractivity contribution >= 4 is 29.3 Å². The van der Waals surface area contributed by atoms with E-state index in [1.807, 2.05) is 42.5 Å². The summed E-state index contributed by atoms with van der Waals surface area (Å²) in [7, 11) is 0. The van der Waals surface area contributed by atoms with E-state index in [1.165, 1.54) is 10.5 Å². The van der Waals surface area contributed by atoms with Gasteiger partial charge in [0.1, 0.15) is 5.82 Å². The predicted octanol–water partition coefficient (Wildman–Crippen LogP) is 3.80. The van der Waals surface area contributed by atoms with E-state index in [2.05, 4.69) is 39.3 Å². The van der Waals surface area contributed by atoms with Gasteiger partial charge in [-0.1, -0.05) is 36.4 Å². The van der Waals surface area contributed by atoms with Gasteiger partial charge in [0.05, 0.1) is 5.75 Å². The Labute approximate surface area is 139 Å². The summed E-state index contributed by atoms with van der Waals surface area (Å²) in [6.07, 6.45) is 0. The summed E-state index contributed by atoms with van der Waals surface area (Å²) in [4.78, 5) is 14.0. The maximum absolute atomic E-state index is 5.80. The van der Waals surface area contributed by atoms with Crippen LogP contribution in [0.5, 0.6) is 0 Å². The number of nitrogens with two attached hydrogens (primary N) is 1. The van der Waals surface area contributed by atoms with Crippen LogP contribution in [-0.2, 0) is 5.75 Å². The molecular weight excluding hydrogens is 306 g/mol. The summed E-state index contributed by atoms with van der Waals surface area (Å²) < 4.78 is 0. The number of aryl methyl sites for hydroxylation is 1. The molecule has 0 aliphatic heterocycles. The van der Waals surface area contributed by atoms with E-state index in [4.69, 9.17) is 5.73 Å². The van der Waals surface area contributed by atoms with Crippen LogP contribution >= 0.6 is 11.8 Å².